The van der Waals surface area contributed by atoms with E-state index in [0.29, 0.717) is 5.56 Å². The number of amides is 3. The van der Waals surface area contributed by atoms with E-state index in [1.165, 1.54) is 17.3 Å². The van der Waals surface area contributed by atoms with Crippen LogP contribution in [0.15, 0.2) is 24.5 Å². The summed E-state index contributed by atoms with van der Waals surface area (Å²) in [5.41, 5.74) is 0.414. The number of aromatic nitrogens is 1. The normalized spacial score (nSPS) is 15.9. The Labute approximate surface area is 91.3 Å². The molecule has 0 radical (unpaired) electrons. The van der Waals surface area contributed by atoms with Crippen molar-refractivity contribution in [2.45, 2.75) is 0 Å². The molecule has 16 heavy (non-hydrogen) atoms. The van der Waals surface area contributed by atoms with E-state index in [2.05, 4.69) is 10.3 Å². The molecule has 3 amide bonds. The van der Waals surface area contributed by atoms with Crippen LogP contribution in [-0.2, 0) is 9.59 Å². The molecule has 0 unspecified atom stereocenters. The van der Waals surface area contributed by atoms with Crippen LogP contribution < -0.4 is 5.32 Å². The second-order valence-electron chi connectivity index (χ2n) is 3.37. The van der Waals surface area contributed by atoms with Gasteiger partial charge in [0.2, 0.25) is 11.8 Å². The van der Waals surface area contributed by atoms with E-state index in [0.717, 1.165) is 0 Å². The summed E-state index contributed by atoms with van der Waals surface area (Å²) in [6.45, 7) is -0.181. The summed E-state index contributed by atoms with van der Waals surface area (Å²) in [6, 6.07) is 3.08. The van der Waals surface area contributed by atoms with Crippen LogP contribution in [0, 0.1) is 0 Å². The standard InChI is InChI=1S/C10H9N3O3/c14-8-5-13(6-9(15)12-8)10(16)7-1-3-11-4-2-7/h1-4H,5-6H2,(H,12,14,15). The summed E-state index contributed by atoms with van der Waals surface area (Å²) in [7, 11) is 0. The maximum Gasteiger partial charge on any atom is 0.254 e. The largest absolute Gasteiger partial charge is 0.320 e. The lowest BCUT2D eigenvalue weighted by Crippen LogP contribution is -2.53. The van der Waals surface area contributed by atoms with Gasteiger partial charge in [-0.2, -0.15) is 0 Å². The fourth-order valence-electron chi connectivity index (χ4n) is 1.46. The van der Waals surface area contributed by atoms with E-state index in [1.807, 2.05) is 0 Å². The van der Waals surface area contributed by atoms with E-state index in [9.17, 15) is 14.4 Å². The minimum absolute atomic E-state index is 0.0904. The molecule has 1 aromatic rings. The predicted octanol–water partition coefficient (Wildman–Crippen LogP) is -0.820. The summed E-state index contributed by atoms with van der Waals surface area (Å²) >= 11 is 0. The molecule has 1 N–H and O–H groups in total. The third-order valence-electron chi connectivity index (χ3n) is 2.16. The first-order valence-corrected chi connectivity index (χ1v) is 4.69. The van der Waals surface area contributed by atoms with Gasteiger partial charge < -0.3 is 4.90 Å². The number of nitrogens with one attached hydrogen (secondary N) is 1. The zero-order valence-corrected chi connectivity index (χ0v) is 8.34. The Hall–Kier alpha value is -2.24. The second-order valence-corrected chi connectivity index (χ2v) is 3.37. The maximum absolute atomic E-state index is 11.9. The topological polar surface area (TPSA) is 79.4 Å². The number of carbonyl (C=O) groups is 3. The third kappa shape index (κ3) is 2.05. The van der Waals surface area contributed by atoms with Crippen molar-refractivity contribution in [1.29, 1.82) is 0 Å². The average molecular weight is 219 g/mol. The molecule has 0 bridgehead atoms. The first-order valence-electron chi connectivity index (χ1n) is 4.69. The minimum atomic E-state index is -0.460. The number of hydrogen-bond acceptors (Lipinski definition) is 4. The van der Waals surface area contributed by atoms with Gasteiger partial charge in [0, 0.05) is 18.0 Å². The van der Waals surface area contributed by atoms with Crippen LogP contribution in [0.4, 0.5) is 0 Å². The van der Waals surface area contributed by atoms with Gasteiger partial charge in [-0.3, -0.25) is 24.7 Å². The van der Waals surface area contributed by atoms with Crippen molar-refractivity contribution >= 4 is 17.7 Å². The number of piperazine rings is 1. The first-order chi connectivity index (χ1) is 7.66. The molecule has 1 aliphatic rings. The molecule has 1 fully saturated rings. The van der Waals surface area contributed by atoms with Crippen LogP contribution in [0.2, 0.25) is 0 Å². The van der Waals surface area contributed by atoms with Crippen LogP contribution in [0.3, 0.4) is 0 Å². The Morgan fingerprint density at radius 2 is 1.75 bits per heavy atom. The van der Waals surface area contributed by atoms with Gasteiger partial charge in [0.15, 0.2) is 0 Å². The highest BCUT2D eigenvalue weighted by Gasteiger charge is 2.26. The Kier molecular flexibility index (Phi) is 2.63. The quantitative estimate of drug-likeness (QED) is 0.626. The smallest absolute Gasteiger partial charge is 0.254 e. The number of nitrogens with zero attached hydrogens (tertiary/aromatic N) is 2. The maximum atomic E-state index is 11.9. The first kappa shape index (κ1) is 10.3. The molecule has 6 heteroatoms. The summed E-state index contributed by atoms with van der Waals surface area (Å²) in [5.74, 6) is -1.26. The van der Waals surface area contributed by atoms with Crippen LogP contribution >= 0.6 is 0 Å². The van der Waals surface area contributed by atoms with Crippen molar-refractivity contribution in [3.8, 4) is 0 Å². The molecular formula is C10H9N3O3. The Morgan fingerprint density at radius 3 is 2.31 bits per heavy atom. The zero-order valence-electron chi connectivity index (χ0n) is 8.34. The van der Waals surface area contributed by atoms with E-state index < -0.39 is 11.8 Å². The number of carbonyl (C=O) groups excluding carboxylic acids is 3. The Bertz CT molecular complexity index is 428. The molecule has 0 aromatic carbocycles. The molecule has 1 saturated heterocycles. The molecule has 0 aliphatic carbocycles. The van der Waals surface area contributed by atoms with Gasteiger partial charge in [-0.25, -0.2) is 0 Å². The van der Waals surface area contributed by atoms with Crippen molar-refractivity contribution in [2.24, 2.45) is 0 Å². The highest BCUT2D eigenvalue weighted by Crippen LogP contribution is 2.05. The number of hydrogen-bond donors (Lipinski definition) is 1. The Balaban J connectivity index is 2.16. The summed E-state index contributed by atoms with van der Waals surface area (Å²) in [4.78, 5) is 39.0. The highest BCUT2D eigenvalue weighted by molar-refractivity contribution is 6.05. The van der Waals surface area contributed by atoms with Gasteiger partial charge in [0.1, 0.15) is 13.1 Å². The van der Waals surface area contributed by atoms with Gasteiger partial charge in [0.05, 0.1) is 0 Å². The molecule has 0 spiro atoms. The minimum Gasteiger partial charge on any atom is -0.320 e. The number of rotatable bonds is 1. The molecule has 6 nitrogen and oxygen atoms in total. The Morgan fingerprint density at radius 1 is 1.19 bits per heavy atom. The molecule has 1 aliphatic heterocycles. The third-order valence-corrected chi connectivity index (χ3v) is 2.16. The van der Waals surface area contributed by atoms with Gasteiger partial charge in [-0.05, 0) is 12.1 Å². The summed E-state index contributed by atoms with van der Waals surface area (Å²) in [5, 5.41) is 2.13. The second kappa shape index (κ2) is 4.09. The monoisotopic (exact) mass is 219 g/mol. The van der Waals surface area contributed by atoms with Crippen molar-refractivity contribution in [3.63, 3.8) is 0 Å². The predicted molar refractivity (Wildman–Crippen MR) is 53.3 cm³/mol. The van der Waals surface area contributed by atoms with Crippen molar-refractivity contribution in [2.75, 3.05) is 13.1 Å². The highest BCUT2D eigenvalue weighted by atomic mass is 16.2. The number of pyridine rings is 1. The van der Waals surface area contributed by atoms with Gasteiger partial charge in [-0.1, -0.05) is 0 Å². The molecule has 1 aromatic heterocycles. The number of imide groups is 1. The van der Waals surface area contributed by atoms with E-state index in [4.69, 9.17) is 0 Å². The van der Waals surface area contributed by atoms with Crippen LogP contribution in [0.5, 0.6) is 0 Å². The van der Waals surface area contributed by atoms with E-state index >= 15 is 0 Å². The van der Waals surface area contributed by atoms with E-state index in [-0.39, 0.29) is 19.0 Å². The average Bonchev–Trinajstić information content (AvgIpc) is 2.28. The van der Waals surface area contributed by atoms with Crippen LogP contribution in [0.1, 0.15) is 10.4 Å². The zero-order chi connectivity index (χ0) is 11.5. The van der Waals surface area contributed by atoms with Crippen molar-refractivity contribution < 1.29 is 14.4 Å². The van der Waals surface area contributed by atoms with Gasteiger partial charge in [0.25, 0.3) is 5.91 Å². The lowest BCUT2D eigenvalue weighted by atomic mass is 10.2. The summed E-state index contributed by atoms with van der Waals surface area (Å²) < 4.78 is 0. The molecule has 2 rings (SSSR count). The fraction of sp³-hybridized carbons (Fsp3) is 0.200. The van der Waals surface area contributed by atoms with Crippen LogP contribution in [0.25, 0.3) is 0 Å². The molecule has 2 heterocycles. The molecule has 0 saturated carbocycles. The van der Waals surface area contributed by atoms with Gasteiger partial charge >= 0.3 is 0 Å². The SMILES string of the molecule is O=C1CN(C(=O)c2ccncc2)CC(=O)N1. The van der Waals surface area contributed by atoms with E-state index in [1.54, 1.807) is 12.1 Å². The molecule has 82 valence electrons. The van der Waals surface area contributed by atoms with Crippen LogP contribution in [-0.4, -0.2) is 40.7 Å². The summed E-state index contributed by atoms with van der Waals surface area (Å²) in [6.07, 6.45) is 2.97. The van der Waals surface area contributed by atoms with Crippen molar-refractivity contribution in [3.05, 3.63) is 30.1 Å². The van der Waals surface area contributed by atoms with Gasteiger partial charge in [-0.15, -0.1) is 0 Å². The molecular weight excluding hydrogens is 210 g/mol. The molecule has 0 atom stereocenters. The lowest BCUT2D eigenvalue weighted by Gasteiger charge is -2.25. The lowest BCUT2D eigenvalue weighted by molar-refractivity contribution is -0.135. The van der Waals surface area contributed by atoms with Crippen molar-refractivity contribution in [1.82, 2.24) is 15.2 Å². The fourth-order valence-corrected chi connectivity index (χ4v) is 1.46.